The molecule has 4 heterocycles. The molecular formula is C24H21N7. The summed E-state index contributed by atoms with van der Waals surface area (Å²) in [6, 6.07) is 16.1. The summed E-state index contributed by atoms with van der Waals surface area (Å²) in [5.74, 6) is 1.44. The first-order valence-electron chi connectivity index (χ1n) is 10.0. The lowest BCUT2D eigenvalue weighted by atomic mass is 10.1. The normalized spacial score (nSPS) is 11.0. The molecule has 0 bridgehead atoms. The summed E-state index contributed by atoms with van der Waals surface area (Å²) in [6.07, 6.45) is 7.39. The lowest BCUT2D eigenvalue weighted by molar-refractivity contribution is 0.768. The number of fused-ring (bicyclic) bond motifs is 1. The monoisotopic (exact) mass is 407 g/mol. The molecule has 0 aliphatic rings. The average molecular weight is 407 g/mol. The second-order valence-electron chi connectivity index (χ2n) is 7.41. The maximum absolute atomic E-state index is 4.77. The number of para-hydroxylation sites is 1. The molecule has 5 rings (SSSR count). The number of hydrogen-bond acceptors (Lipinski definition) is 6. The second kappa shape index (κ2) is 7.95. The van der Waals surface area contributed by atoms with Gasteiger partial charge in [0, 0.05) is 48.8 Å². The standard InChI is InChI=1S/C24H21N7/c1-16-11-18(9-10-25-16)21-8-7-17(12-26-21)13-27-24-20-5-3-4-6-22(20)29-23(30-24)19-14-28-31(2)15-19/h3-12,14-15H,13H2,1-2H3,(H,27,29,30). The van der Waals surface area contributed by atoms with Crippen molar-refractivity contribution in [3.63, 3.8) is 0 Å². The Labute approximate surface area is 179 Å². The topological polar surface area (TPSA) is 81.4 Å². The van der Waals surface area contributed by atoms with E-state index in [-0.39, 0.29) is 0 Å². The first-order valence-corrected chi connectivity index (χ1v) is 10.0. The highest BCUT2D eigenvalue weighted by Gasteiger charge is 2.11. The fourth-order valence-corrected chi connectivity index (χ4v) is 3.47. The van der Waals surface area contributed by atoms with E-state index in [9.17, 15) is 0 Å². The molecule has 7 nitrogen and oxygen atoms in total. The van der Waals surface area contributed by atoms with E-state index in [1.807, 2.05) is 75.0 Å². The molecule has 0 aliphatic heterocycles. The Bertz CT molecular complexity index is 1360. The fraction of sp³-hybridized carbons (Fsp3) is 0.125. The number of hydrogen-bond donors (Lipinski definition) is 1. The summed E-state index contributed by atoms with van der Waals surface area (Å²) in [4.78, 5) is 18.3. The molecule has 0 fully saturated rings. The molecule has 7 heteroatoms. The quantitative estimate of drug-likeness (QED) is 0.465. The largest absolute Gasteiger partial charge is 0.365 e. The first kappa shape index (κ1) is 18.9. The van der Waals surface area contributed by atoms with Crippen molar-refractivity contribution in [2.75, 3.05) is 5.32 Å². The minimum absolute atomic E-state index is 0.607. The van der Waals surface area contributed by atoms with Crippen molar-refractivity contribution < 1.29 is 0 Å². The predicted molar refractivity (Wildman–Crippen MR) is 121 cm³/mol. The Balaban J connectivity index is 1.41. The smallest absolute Gasteiger partial charge is 0.165 e. The van der Waals surface area contributed by atoms with Gasteiger partial charge < -0.3 is 5.32 Å². The maximum Gasteiger partial charge on any atom is 0.165 e. The number of nitrogens with one attached hydrogen (secondary N) is 1. The van der Waals surface area contributed by atoms with Crippen LogP contribution in [0.5, 0.6) is 0 Å². The van der Waals surface area contributed by atoms with Crippen molar-refractivity contribution in [2.45, 2.75) is 13.5 Å². The van der Waals surface area contributed by atoms with Crippen molar-refractivity contribution in [2.24, 2.45) is 7.05 Å². The zero-order valence-electron chi connectivity index (χ0n) is 17.3. The Morgan fingerprint density at radius 1 is 0.935 bits per heavy atom. The van der Waals surface area contributed by atoms with E-state index < -0.39 is 0 Å². The van der Waals surface area contributed by atoms with Gasteiger partial charge in [-0.2, -0.15) is 5.10 Å². The molecule has 31 heavy (non-hydrogen) atoms. The van der Waals surface area contributed by atoms with Crippen LogP contribution in [0.1, 0.15) is 11.3 Å². The molecule has 0 saturated heterocycles. The molecule has 0 spiro atoms. The van der Waals surface area contributed by atoms with Crippen LogP contribution in [0.25, 0.3) is 33.5 Å². The van der Waals surface area contributed by atoms with Gasteiger partial charge in [0.1, 0.15) is 5.82 Å². The van der Waals surface area contributed by atoms with Gasteiger partial charge in [-0.1, -0.05) is 18.2 Å². The van der Waals surface area contributed by atoms with Crippen molar-refractivity contribution in [3.8, 4) is 22.6 Å². The summed E-state index contributed by atoms with van der Waals surface area (Å²) >= 11 is 0. The number of nitrogens with zero attached hydrogens (tertiary/aromatic N) is 6. The molecule has 0 amide bonds. The van der Waals surface area contributed by atoms with E-state index in [0.29, 0.717) is 12.4 Å². The number of benzene rings is 1. The van der Waals surface area contributed by atoms with Crippen LogP contribution in [-0.4, -0.2) is 29.7 Å². The predicted octanol–water partition coefficient (Wildman–Crippen LogP) is 4.41. The van der Waals surface area contributed by atoms with Crippen LogP contribution in [0.4, 0.5) is 5.82 Å². The molecular weight excluding hydrogens is 386 g/mol. The average Bonchev–Trinajstić information content (AvgIpc) is 3.24. The van der Waals surface area contributed by atoms with Gasteiger partial charge in [-0.05, 0) is 42.8 Å². The minimum atomic E-state index is 0.607. The third-order valence-corrected chi connectivity index (χ3v) is 5.04. The maximum atomic E-state index is 4.77. The molecule has 152 valence electrons. The molecule has 0 aliphatic carbocycles. The van der Waals surface area contributed by atoms with Gasteiger partial charge in [0.25, 0.3) is 0 Å². The number of aromatic nitrogens is 6. The summed E-state index contributed by atoms with van der Waals surface area (Å²) in [7, 11) is 1.88. The van der Waals surface area contributed by atoms with Crippen LogP contribution in [-0.2, 0) is 13.6 Å². The van der Waals surface area contributed by atoms with E-state index in [1.165, 1.54) is 0 Å². The molecule has 5 aromatic rings. The Morgan fingerprint density at radius 2 is 1.84 bits per heavy atom. The van der Waals surface area contributed by atoms with E-state index >= 15 is 0 Å². The first-order chi connectivity index (χ1) is 15.2. The van der Waals surface area contributed by atoms with Gasteiger partial charge in [-0.15, -0.1) is 0 Å². The van der Waals surface area contributed by atoms with Crippen LogP contribution in [0.3, 0.4) is 0 Å². The molecule has 0 atom stereocenters. The molecule has 1 aromatic carbocycles. The summed E-state index contributed by atoms with van der Waals surface area (Å²) in [6.45, 7) is 2.59. The third-order valence-electron chi connectivity index (χ3n) is 5.04. The minimum Gasteiger partial charge on any atom is -0.365 e. The van der Waals surface area contributed by atoms with Crippen molar-refractivity contribution >= 4 is 16.7 Å². The number of anilines is 1. The van der Waals surface area contributed by atoms with E-state index in [1.54, 1.807) is 10.9 Å². The molecule has 0 radical (unpaired) electrons. The molecule has 4 aromatic heterocycles. The van der Waals surface area contributed by atoms with Gasteiger partial charge in [-0.25, -0.2) is 9.97 Å². The highest BCUT2D eigenvalue weighted by Crippen LogP contribution is 2.25. The van der Waals surface area contributed by atoms with Crippen LogP contribution in [0.15, 0.2) is 73.3 Å². The highest BCUT2D eigenvalue weighted by atomic mass is 15.2. The lowest BCUT2D eigenvalue weighted by Crippen LogP contribution is -2.04. The molecule has 0 unspecified atom stereocenters. The van der Waals surface area contributed by atoms with Gasteiger partial charge >= 0.3 is 0 Å². The zero-order chi connectivity index (χ0) is 21.2. The fourth-order valence-electron chi connectivity index (χ4n) is 3.47. The number of aryl methyl sites for hydroxylation is 2. The summed E-state index contributed by atoms with van der Waals surface area (Å²) < 4.78 is 1.75. The molecule has 1 N–H and O–H groups in total. The van der Waals surface area contributed by atoms with Crippen molar-refractivity contribution in [1.82, 2.24) is 29.7 Å². The van der Waals surface area contributed by atoms with Crippen molar-refractivity contribution in [3.05, 3.63) is 84.6 Å². The van der Waals surface area contributed by atoms with Crippen LogP contribution in [0, 0.1) is 6.92 Å². The van der Waals surface area contributed by atoms with E-state index in [0.717, 1.165) is 44.8 Å². The highest BCUT2D eigenvalue weighted by molar-refractivity contribution is 5.90. The number of rotatable bonds is 5. The van der Waals surface area contributed by atoms with Gasteiger partial charge in [-0.3, -0.25) is 14.6 Å². The second-order valence-corrected chi connectivity index (χ2v) is 7.41. The Hall–Kier alpha value is -4.13. The van der Waals surface area contributed by atoms with E-state index in [4.69, 9.17) is 9.97 Å². The third kappa shape index (κ3) is 3.98. The van der Waals surface area contributed by atoms with E-state index in [2.05, 4.69) is 26.4 Å². The SMILES string of the molecule is Cc1cc(-c2ccc(CNc3nc(-c4cnn(C)c4)nc4ccccc34)cn2)ccn1. The Morgan fingerprint density at radius 3 is 2.61 bits per heavy atom. The van der Waals surface area contributed by atoms with Crippen LogP contribution in [0.2, 0.25) is 0 Å². The Kier molecular flexibility index (Phi) is 4.84. The van der Waals surface area contributed by atoms with Crippen LogP contribution < -0.4 is 5.32 Å². The van der Waals surface area contributed by atoms with Gasteiger partial charge in [0.15, 0.2) is 5.82 Å². The summed E-state index contributed by atoms with van der Waals surface area (Å²) in [5, 5.41) is 8.68. The van der Waals surface area contributed by atoms with Gasteiger partial charge in [0.05, 0.1) is 23.0 Å². The molecule has 0 saturated carbocycles. The summed E-state index contributed by atoms with van der Waals surface area (Å²) in [5.41, 5.74) is 5.82. The van der Waals surface area contributed by atoms with Crippen molar-refractivity contribution in [1.29, 1.82) is 0 Å². The zero-order valence-corrected chi connectivity index (χ0v) is 17.3. The number of pyridine rings is 2. The lowest BCUT2D eigenvalue weighted by Gasteiger charge is -2.11. The van der Waals surface area contributed by atoms with Crippen LogP contribution >= 0.6 is 0 Å². The van der Waals surface area contributed by atoms with Gasteiger partial charge in [0.2, 0.25) is 0 Å².